The number of ether oxygens (including phenoxy) is 1. The number of carboxylic acids is 1. The molecule has 1 saturated heterocycles. The molecule has 0 spiro atoms. The molecule has 9 nitrogen and oxygen atoms in total. The predicted octanol–water partition coefficient (Wildman–Crippen LogP) is -2.46. The monoisotopic (exact) mass is 363 g/mol. The smallest absolute Gasteiger partial charge is 0.338 e. The van der Waals surface area contributed by atoms with Crippen LogP contribution in [0.4, 0.5) is 4.39 Å². The van der Waals surface area contributed by atoms with Gasteiger partial charge in [-0.3, -0.25) is 4.79 Å². The zero-order valence-corrected chi connectivity index (χ0v) is 13.5. The predicted molar refractivity (Wildman–Crippen MR) is 80.9 cm³/mol. The zero-order chi connectivity index (χ0) is 19.4. The summed E-state index contributed by atoms with van der Waals surface area (Å²) in [6.07, 6.45) is -4.90. The molecule has 1 rings (SSSR count). The van der Waals surface area contributed by atoms with Crippen molar-refractivity contribution in [3.8, 4) is 12.3 Å². The van der Waals surface area contributed by atoms with E-state index < -0.39 is 60.7 Å². The maximum absolute atomic E-state index is 14.4. The Morgan fingerprint density at radius 1 is 1.44 bits per heavy atom. The Balaban J connectivity index is 3.14. The quantitative estimate of drug-likeness (QED) is 0.272. The number of nitrogens with one attached hydrogen (secondary N) is 1. The molecule has 1 heterocycles. The van der Waals surface area contributed by atoms with Crippen molar-refractivity contribution < 1.29 is 44.2 Å². The third-order valence-electron chi connectivity index (χ3n) is 4.10. The first-order valence-corrected chi connectivity index (χ1v) is 7.53. The summed E-state index contributed by atoms with van der Waals surface area (Å²) < 4.78 is 19.5. The Kier molecular flexibility index (Phi) is 7.28. The number of amides is 1. The number of hydrogen-bond acceptors (Lipinski definition) is 7. The SMILES string of the molecule is C#CCCC(=O)N[C@H]1C([C@H](O)[C@H](O)CO)O[C@@](C)(C(=O)O)[C@@H](F)C1O. The molecule has 0 bridgehead atoms. The molecule has 0 aromatic heterocycles. The van der Waals surface area contributed by atoms with E-state index >= 15 is 0 Å². The molecule has 25 heavy (non-hydrogen) atoms. The number of carbonyl (C=O) groups is 2. The van der Waals surface area contributed by atoms with Crippen molar-refractivity contribution in [3.63, 3.8) is 0 Å². The lowest BCUT2D eigenvalue weighted by Gasteiger charge is -2.47. The molecule has 0 aromatic carbocycles. The van der Waals surface area contributed by atoms with Crippen LogP contribution in [0.1, 0.15) is 19.8 Å². The van der Waals surface area contributed by atoms with Gasteiger partial charge >= 0.3 is 5.97 Å². The van der Waals surface area contributed by atoms with Crippen molar-refractivity contribution in [2.24, 2.45) is 0 Å². The number of aliphatic hydroxyl groups is 4. The highest BCUT2D eigenvalue weighted by atomic mass is 19.1. The molecule has 0 saturated carbocycles. The van der Waals surface area contributed by atoms with E-state index in [1.54, 1.807) is 0 Å². The molecule has 6 N–H and O–H groups in total. The first-order chi connectivity index (χ1) is 11.6. The number of terminal acetylenes is 1. The second kappa shape index (κ2) is 8.55. The van der Waals surface area contributed by atoms with Gasteiger partial charge in [0.2, 0.25) is 5.91 Å². The molecule has 0 radical (unpaired) electrons. The van der Waals surface area contributed by atoms with Crippen LogP contribution in [0.15, 0.2) is 0 Å². The average Bonchev–Trinajstić information content (AvgIpc) is 2.58. The van der Waals surface area contributed by atoms with Gasteiger partial charge in [-0.25, -0.2) is 9.18 Å². The Labute approximate surface area is 143 Å². The number of carbonyl (C=O) groups excluding carboxylic acids is 1. The van der Waals surface area contributed by atoms with Gasteiger partial charge in [-0.1, -0.05) is 0 Å². The number of alkyl halides is 1. The highest BCUT2D eigenvalue weighted by Crippen LogP contribution is 2.34. The van der Waals surface area contributed by atoms with Crippen molar-refractivity contribution in [3.05, 3.63) is 0 Å². The van der Waals surface area contributed by atoms with Gasteiger partial charge in [-0.15, -0.1) is 12.3 Å². The molecule has 1 aliphatic rings. The summed E-state index contributed by atoms with van der Waals surface area (Å²) in [7, 11) is 0. The van der Waals surface area contributed by atoms with Gasteiger partial charge in [-0.05, 0) is 6.92 Å². The molecular formula is C15H22FNO8. The van der Waals surface area contributed by atoms with E-state index in [-0.39, 0.29) is 12.8 Å². The van der Waals surface area contributed by atoms with Crippen LogP contribution in [0.25, 0.3) is 0 Å². The van der Waals surface area contributed by atoms with E-state index in [1.165, 1.54) is 0 Å². The summed E-state index contributed by atoms with van der Waals surface area (Å²) in [5, 5.41) is 50.2. The molecule has 7 atom stereocenters. The number of hydrogen-bond donors (Lipinski definition) is 6. The van der Waals surface area contributed by atoms with Crippen LogP contribution in [-0.2, 0) is 14.3 Å². The maximum Gasteiger partial charge on any atom is 0.338 e. The van der Waals surface area contributed by atoms with Gasteiger partial charge in [0.05, 0.1) is 12.6 Å². The van der Waals surface area contributed by atoms with Gasteiger partial charge in [0, 0.05) is 12.8 Å². The number of aliphatic carboxylic acids is 1. The number of rotatable bonds is 7. The minimum atomic E-state index is -2.53. The van der Waals surface area contributed by atoms with E-state index in [1.807, 2.05) is 0 Å². The minimum Gasteiger partial charge on any atom is -0.479 e. The normalized spacial score (nSPS) is 34.6. The van der Waals surface area contributed by atoms with Crippen molar-refractivity contribution in [2.45, 2.75) is 62.0 Å². The van der Waals surface area contributed by atoms with E-state index in [0.29, 0.717) is 0 Å². The lowest BCUT2D eigenvalue weighted by atomic mass is 9.83. The molecule has 10 heteroatoms. The maximum atomic E-state index is 14.4. The van der Waals surface area contributed by atoms with Crippen LogP contribution in [0.5, 0.6) is 0 Å². The second-order valence-electron chi connectivity index (χ2n) is 5.92. The van der Waals surface area contributed by atoms with E-state index in [0.717, 1.165) is 6.92 Å². The summed E-state index contributed by atoms with van der Waals surface area (Å²) in [5.74, 6) is -0.215. The molecule has 0 aliphatic carbocycles. The fourth-order valence-electron chi connectivity index (χ4n) is 2.51. The molecule has 2 unspecified atom stereocenters. The third kappa shape index (κ3) is 4.45. The minimum absolute atomic E-state index is 0.0634. The van der Waals surface area contributed by atoms with E-state index in [4.69, 9.17) is 16.3 Å². The average molecular weight is 363 g/mol. The van der Waals surface area contributed by atoms with Crippen LogP contribution in [-0.4, -0.2) is 86.2 Å². The summed E-state index contributed by atoms with van der Waals surface area (Å²) in [5.41, 5.74) is -2.53. The van der Waals surface area contributed by atoms with Gasteiger partial charge in [0.15, 0.2) is 11.8 Å². The van der Waals surface area contributed by atoms with Crippen molar-refractivity contribution in [1.29, 1.82) is 0 Å². The van der Waals surface area contributed by atoms with E-state index in [2.05, 4.69) is 11.2 Å². The van der Waals surface area contributed by atoms with E-state index in [9.17, 15) is 34.4 Å². The molecule has 142 valence electrons. The fourth-order valence-corrected chi connectivity index (χ4v) is 2.51. The molecule has 0 aromatic rings. The Morgan fingerprint density at radius 2 is 2.04 bits per heavy atom. The summed E-state index contributed by atoms with van der Waals surface area (Å²) in [6.45, 7) is -0.0532. The van der Waals surface area contributed by atoms with Crippen molar-refractivity contribution >= 4 is 11.9 Å². The van der Waals surface area contributed by atoms with Gasteiger partial charge in [0.1, 0.15) is 24.4 Å². The van der Waals surface area contributed by atoms with Gasteiger partial charge < -0.3 is 35.6 Å². The van der Waals surface area contributed by atoms with Crippen LogP contribution >= 0.6 is 0 Å². The first-order valence-electron chi connectivity index (χ1n) is 7.53. The van der Waals surface area contributed by atoms with Gasteiger partial charge in [-0.2, -0.15) is 0 Å². The van der Waals surface area contributed by atoms with Crippen molar-refractivity contribution in [1.82, 2.24) is 5.32 Å². The zero-order valence-electron chi connectivity index (χ0n) is 13.5. The number of halogens is 1. The molecule has 1 aliphatic heterocycles. The van der Waals surface area contributed by atoms with Crippen molar-refractivity contribution in [2.75, 3.05) is 6.61 Å². The molecular weight excluding hydrogens is 341 g/mol. The Bertz CT molecular complexity index is 538. The molecule has 1 amide bonds. The highest BCUT2D eigenvalue weighted by molar-refractivity contribution is 5.79. The lowest BCUT2D eigenvalue weighted by Crippen LogP contribution is -2.71. The fraction of sp³-hybridized carbons (Fsp3) is 0.733. The second-order valence-corrected chi connectivity index (χ2v) is 5.92. The lowest BCUT2D eigenvalue weighted by molar-refractivity contribution is -0.247. The van der Waals surface area contributed by atoms with Crippen LogP contribution in [0.3, 0.4) is 0 Å². The van der Waals surface area contributed by atoms with Crippen LogP contribution in [0, 0.1) is 12.3 Å². The third-order valence-corrected chi connectivity index (χ3v) is 4.10. The summed E-state index contributed by atoms with van der Waals surface area (Å²) in [6, 6.07) is -1.57. The summed E-state index contributed by atoms with van der Waals surface area (Å²) >= 11 is 0. The number of carboxylic acid groups (broad SMARTS) is 1. The van der Waals surface area contributed by atoms with Crippen LogP contribution < -0.4 is 5.32 Å². The highest BCUT2D eigenvalue weighted by Gasteiger charge is 2.59. The summed E-state index contributed by atoms with van der Waals surface area (Å²) in [4.78, 5) is 23.2. The standard InChI is InChI=1S/C15H22FNO8/c1-3-4-5-8(20)17-9-11(22)13(16)15(2,14(23)24)25-12(9)10(21)7(19)6-18/h1,7,9-13,18-19,21-22H,4-6H2,2H3,(H,17,20)(H,23,24)/t7-,9-,10-,11?,12?,13+,15-/m1/s1. The van der Waals surface area contributed by atoms with Gasteiger partial charge in [0.25, 0.3) is 0 Å². The first kappa shape index (κ1) is 21.3. The largest absolute Gasteiger partial charge is 0.479 e. The molecule has 1 fully saturated rings. The number of aliphatic hydroxyl groups excluding tert-OH is 4. The van der Waals surface area contributed by atoms with Crippen LogP contribution in [0.2, 0.25) is 0 Å². The Morgan fingerprint density at radius 3 is 2.52 bits per heavy atom. The topological polar surface area (TPSA) is 157 Å². The Hall–Kier alpha value is -1.77.